The summed E-state index contributed by atoms with van der Waals surface area (Å²) < 4.78 is 0. The average Bonchev–Trinajstić information content (AvgIpc) is 2.55. The highest BCUT2D eigenvalue weighted by Crippen LogP contribution is 2.19. The lowest BCUT2D eigenvalue weighted by Crippen LogP contribution is -2.39. The molecule has 0 fully saturated rings. The topological polar surface area (TPSA) is 101 Å². The summed E-state index contributed by atoms with van der Waals surface area (Å²) in [6.45, 7) is 1.99. The van der Waals surface area contributed by atoms with E-state index in [4.69, 9.17) is 0 Å². The molecule has 2 rings (SSSR count). The third-order valence-corrected chi connectivity index (χ3v) is 3.45. The van der Waals surface area contributed by atoms with Gasteiger partial charge in [0.25, 0.3) is 5.69 Å². The number of amides is 1. The van der Waals surface area contributed by atoms with Crippen LogP contribution >= 0.6 is 0 Å². The van der Waals surface area contributed by atoms with E-state index >= 15 is 0 Å². The summed E-state index contributed by atoms with van der Waals surface area (Å²) in [6.07, 6.45) is 3.06. The van der Waals surface area contributed by atoms with E-state index in [1.807, 2.05) is 0 Å². The number of carbonyl (C=O) groups is 1. The van der Waals surface area contributed by atoms with Crippen LogP contribution in [0.25, 0.3) is 0 Å². The van der Waals surface area contributed by atoms with Gasteiger partial charge in [-0.2, -0.15) is 0 Å². The van der Waals surface area contributed by atoms with E-state index in [2.05, 4.69) is 15.3 Å². The van der Waals surface area contributed by atoms with Crippen molar-refractivity contribution in [2.75, 3.05) is 12.4 Å². The van der Waals surface area contributed by atoms with Gasteiger partial charge in [-0.15, -0.1) is 0 Å². The quantitative estimate of drug-likeness (QED) is 0.645. The van der Waals surface area contributed by atoms with Crippen molar-refractivity contribution >= 4 is 17.5 Å². The van der Waals surface area contributed by atoms with E-state index in [0.29, 0.717) is 5.56 Å². The number of likely N-dealkylation sites (N-methyl/N-ethyl adjacent to an activating group) is 1. The fraction of sp³-hybridized carbons (Fsp3) is 0.267. The van der Waals surface area contributed by atoms with Crippen LogP contribution in [0.15, 0.2) is 42.7 Å². The smallest absolute Gasteiger partial charge is 0.273 e. The Balaban J connectivity index is 2.04. The Kier molecular flexibility index (Phi) is 5.32. The molecule has 1 amide bonds. The Hall–Kier alpha value is -2.87. The fourth-order valence-corrected chi connectivity index (χ4v) is 2.01. The predicted octanol–water partition coefficient (Wildman–Crippen LogP) is 1.84. The lowest BCUT2D eigenvalue weighted by molar-refractivity contribution is -0.385. The number of nitro groups is 1. The van der Waals surface area contributed by atoms with Gasteiger partial charge < -0.3 is 0 Å². The van der Waals surface area contributed by atoms with Crippen LogP contribution in [0.2, 0.25) is 0 Å². The number of nitrogens with one attached hydrogen (secondary N) is 1. The first-order chi connectivity index (χ1) is 11.0. The second-order valence-electron chi connectivity index (χ2n) is 5.04. The molecule has 8 heteroatoms. The maximum atomic E-state index is 12.2. The van der Waals surface area contributed by atoms with Crippen LogP contribution < -0.4 is 5.32 Å². The highest BCUT2D eigenvalue weighted by Gasteiger charge is 2.22. The highest BCUT2D eigenvalue weighted by atomic mass is 16.6. The largest absolute Gasteiger partial charge is 0.293 e. The summed E-state index contributed by atoms with van der Waals surface area (Å²) in [5.41, 5.74) is 0.592. The lowest BCUT2D eigenvalue weighted by atomic mass is 10.1. The zero-order valence-corrected chi connectivity index (χ0v) is 12.8. The number of hydrogen-bond donors (Lipinski definition) is 1. The van der Waals surface area contributed by atoms with Crippen LogP contribution in [0.5, 0.6) is 0 Å². The highest BCUT2D eigenvalue weighted by molar-refractivity contribution is 5.92. The first-order valence-corrected chi connectivity index (χ1v) is 6.99. The summed E-state index contributed by atoms with van der Waals surface area (Å²) in [4.78, 5) is 32.4. The molecule has 120 valence electrons. The van der Waals surface area contributed by atoms with Crippen LogP contribution in [0, 0.1) is 10.1 Å². The van der Waals surface area contributed by atoms with Gasteiger partial charge in [0, 0.05) is 30.6 Å². The Morgan fingerprint density at radius 3 is 2.61 bits per heavy atom. The zero-order valence-electron chi connectivity index (χ0n) is 12.8. The van der Waals surface area contributed by atoms with Gasteiger partial charge in [0.15, 0.2) is 0 Å². The Bertz CT molecular complexity index is 693. The number of nitrogens with zero attached hydrogens (tertiary/aromatic N) is 4. The van der Waals surface area contributed by atoms with E-state index in [0.717, 1.165) is 0 Å². The molecule has 1 heterocycles. The minimum Gasteiger partial charge on any atom is -0.293 e. The molecule has 23 heavy (non-hydrogen) atoms. The van der Waals surface area contributed by atoms with Crippen LogP contribution in [0.3, 0.4) is 0 Å². The summed E-state index contributed by atoms with van der Waals surface area (Å²) >= 11 is 0. The Morgan fingerprint density at radius 2 is 1.96 bits per heavy atom. The molecule has 0 saturated carbocycles. The van der Waals surface area contributed by atoms with E-state index in [1.165, 1.54) is 18.5 Å². The second-order valence-corrected chi connectivity index (χ2v) is 5.04. The maximum Gasteiger partial charge on any atom is 0.273 e. The van der Waals surface area contributed by atoms with Gasteiger partial charge in [-0.25, -0.2) is 9.97 Å². The number of para-hydroxylation sites is 1. The van der Waals surface area contributed by atoms with Gasteiger partial charge in [-0.05, 0) is 20.0 Å². The first kappa shape index (κ1) is 16.5. The molecule has 0 spiro atoms. The van der Waals surface area contributed by atoms with Gasteiger partial charge in [-0.1, -0.05) is 18.2 Å². The molecule has 0 aliphatic carbocycles. The number of benzene rings is 1. The summed E-state index contributed by atoms with van der Waals surface area (Å²) in [5, 5.41) is 13.6. The minimum atomic E-state index is -0.501. The molecular weight excluding hydrogens is 298 g/mol. The molecule has 1 aromatic carbocycles. The van der Waals surface area contributed by atoms with E-state index < -0.39 is 11.0 Å². The van der Waals surface area contributed by atoms with Crippen molar-refractivity contribution < 1.29 is 9.72 Å². The third-order valence-electron chi connectivity index (χ3n) is 3.45. The number of hydrogen-bond acceptors (Lipinski definition) is 6. The summed E-state index contributed by atoms with van der Waals surface area (Å²) in [7, 11) is 1.73. The van der Waals surface area contributed by atoms with Gasteiger partial charge >= 0.3 is 0 Å². The molecule has 0 aliphatic rings. The number of nitro benzene ring substituents is 1. The third kappa shape index (κ3) is 4.30. The summed E-state index contributed by atoms with van der Waals surface area (Å²) in [6, 6.07) is 7.63. The standard InChI is InChI=1S/C15H17N5O3/c1-11(14(21)18-15-16-8-5-9-17-15)19(2)10-12-6-3-4-7-13(12)20(22)23/h3-9,11H,10H2,1-2H3,(H,16,17,18,21)/t11-/m0/s1. The molecule has 0 aliphatic heterocycles. The summed E-state index contributed by atoms with van der Waals surface area (Å²) in [5.74, 6) is -0.0549. The van der Waals surface area contributed by atoms with E-state index in [9.17, 15) is 14.9 Å². The van der Waals surface area contributed by atoms with Crippen molar-refractivity contribution in [3.63, 3.8) is 0 Å². The van der Waals surface area contributed by atoms with E-state index in [1.54, 1.807) is 43.1 Å². The molecule has 0 radical (unpaired) electrons. The lowest BCUT2D eigenvalue weighted by Gasteiger charge is -2.23. The van der Waals surface area contributed by atoms with Crippen molar-refractivity contribution in [2.24, 2.45) is 0 Å². The molecule has 2 aromatic rings. The number of rotatable bonds is 6. The maximum absolute atomic E-state index is 12.2. The fourth-order valence-electron chi connectivity index (χ4n) is 2.01. The van der Waals surface area contributed by atoms with Gasteiger partial charge in [-0.3, -0.25) is 25.1 Å². The number of carbonyl (C=O) groups excluding carboxylic acids is 1. The molecule has 0 saturated heterocycles. The molecular formula is C15H17N5O3. The van der Waals surface area contributed by atoms with Crippen molar-refractivity contribution in [1.82, 2.24) is 14.9 Å². The van der Waals surface area contributed by atoms with Gasteiger partial charge in [0.05, 0.1) is 11.0 Å². The van der Waals surface area contributed by atoms with Crippen molar-refractivity contribution in [3.8, 4) is 0 Å². The predicted molar refractivity (Wildman–Crippen MR) is 84.7 cm³/mol. The monoisotopic (exact) mass is 315 g/mol. The zero-order chi connectivity index (χ0) is 16.8. The number of anilines is 1. The van der Waals surface area contributed by atoms with Crippen LogP contribution in [-0.2, 0) is 11.3 Å². The molecule has 0 unspecified atom stereocenters. The molecule has 1 N–H and O–H groups in total. The van der Waals surface area contributed by atoms with Crippen molar-refractivity contribution in [2.45, 2.75) is 19.5 Å². The Morgan fingerprint density at radius 1 is 1.30 bits per heavy atom. The SMILES string of the molecule is C[C@@H](C(=O)Nc1ncccn1)N(C)Cc1ccccc1[N+](=O)[O-]. The van der Waals surface area contributed by atoms with Gasteiger partial charge in [0.2, 0.25) is 11.9 Å². The van der Waals surface area contributed by atoms with E-state index in [-0.39, 0.29) is 24.1 Å². The van der Waals surface area contributed by atoms with Gasteiger partial charge in [0.1, 0.15) is 0 Å². The molecule has 1 atom stereocenters. The normalized spacial score (nSPS) is 12.0. The molecule has 0 bridgehead atoms. The van der Waals surface area contributed by atoms with Crippen LogP contribution in [0.1, 0.15) is 12.5 Å². The Labute approximate surface area is 133 Å². The van der Waals surface area contributed by atoms with Crippen molar-refractivity contribution in [3.05, 3.63) is 58.4 Å². The van der Waals surface area contributed by atoms with Crippen molar-refractivity contribution in [1.29, 1.82) is 0 Å². The van der Waals surface area contributed by atoms with Crippen LogP contribution in [-0.4, -0.2) is 38.8 Å². The molecule has 1 aromatic heterocycles. The average molecular weight is 315 g/mol. The number of aromatic nitrogens is 2. The first-order valence-electron chi connectivity index (χ1n) is 6.99. The van der Waals surface area contributed by atoms with Crippen LogP contribution in [0.4, 0.5) is 11.6 Å². The second kappa shape index (κ2) is 7.41. The molecule has 8 nitrogen and oxygen atoms in total. The minimum absolute atomic E-state index is 0.0401.